The Morgan fingerprint density at radius 3 is 2.96 bits per heavy atom. The molecule has 0 spiro atoms. The van der Waals surface area contributed by atoms with E-state index in [4.69, 9.17) is 4.74 Å². The van der Waals surface area contributed by atoms with Gasteiger partial charge < -0.3 is 10.1 Å². The van der Waals surface area contributed by atoms with Crippen molar-refractivity contribution in [3.8, 4) is 5.88 Å². The number of carbonyl (C=O) groups is 1. The van der Waals surface area contributed by atoms with Gasteiger partial charge in [-0.05, 0) is 30.7 Å². The summed E-state index contributed by atoms with van der Waals surface area (Å²) in [5.41, 5.74) is 0.551. The number of aromatic nitrogens is 1. The van der Waals surface area contributed by atoms with Gasteiger partial charge in [0.15, 0.2) is 0 Å². The molecule has 5 heteroatoms. The first-order valence-electron chi connectivity index (χ1n) is 8.79. The Morgan fingerprint density at radius 1 is 1.35 bits per heavy atom. The minimum atomic E-state index is -0.0766. The standard InChI is InChI=1S/C18H28N2O2S/c1-2-3-4-5-6-7-11-19-17(21)16-9-8-12-20-18(16)22-15-10-13-23-14-15/h8-9,12,15H,2-7,10-11,13-14H2,1H3,(H,19,21). The first kappa shape index (κ1) is 18.1. The molecule has 0 aliphatic carbocycles. The third-order valence-corrected chi connectivity index (χ3v) is 5.13. The van der Waals surface area contributed by atoms with Crippen molar-refractivity contribution in [3.63, 3.8) is 0 Å². The highest BCUT2D eigenvalue weighted by atomic mass is 32.2. The number of rotatable bonds is 10. The molecule has 1 saturated heterocycles. The maximum atomic E-state index is 12.3. The summed E-state index contributed by atoms with van der Waals surface area (Å²) in [6.07, 6.45) is 10.2. The lowest BCUT2D eigenvalue weighted by atomic mass is 10.1. The lowest BCUT2D eigenvalue weighted by Crippen LogP contribution is -2.26. The van der Waals surface area contributed by atoms with Gasteiger partial charge in [0.05, 0.1) is 0 Å². The number of amides is 1. The molecule has 2 rings (SSSR count). The Hall–Kier alpha value is -1.23. The van der Waals surface area contributed by atoms with Gasteiger partial charge in [-0.15, -0.1) is 0 Å². The topological polar surface area (TPSA) is 51.2 Å². The first-order valence-corrected chi connectivity index (χ1v) is 9.94. The second-order valence-electron chi connectivity index (χ2n) is 5.98. The van der Waals surface area contributed by atoms with Crippen LogP contribution in [0.3, 0.4) is 0 Å². The molecule has 2 heterocycles. The van der Waals surface area contributed by atoms with E-state index >= 15 is 0 Å². The molecule has 23 heavy (non-hydrogen) atoms. The van der Waals surface area contributed by atoms with Crippen molar-refractivity contribution in [2.24, 2.45) is 0 Å². The number of nitrogens with one attached hydrogen (secondary N) is 1. The molecule has 0 aromatic carbocycles. The van der Waals surface area contributed by atoms with Gasteiger partial charge in [0, 0.05) is 18.5 Å². The van der Waals surface area contributed by atoms with E-state index < -0.39 is 0 Å². The molecule has 1 N–H and O–H groups in total. The van der Waals surface area contributed by atoms with Crippen molar-refractivity contribution in [2.75, 3.05) is 18.1 Å². The molecule has 1 aromatic heterocycles. The Labute approximate surface area is 143 Å². The summed E-state index contributed by atoms with van der Waals surface area (Å²) in [6, 6.07) is 3.58. The van der Waals surface area contributed by atoms with Gasteiger partial charge >= 0.3 is 0 Å². The Balaban J connectivity index is 1.75. The molecule has 1 unspecified atom stereocenters. The van der Waals surface area contributed by atoms with Crippen molar-refractivity contribution in [3.05, 3.63) is 23.9 Å². The molecule has 1 aliphatic heterocycles. The van der Waals surface area contributed by atoms with Crippen molar-refractivity contribution >= 4 is 17.7 Å². The highest BCUT2D eigenvalue weighted by Crippen LogP contribution is 2.24. The molecule has 1 atom stereocenters. The monoisotopic (exact) mass is 336 g/mol. The van der Waals surface area contributed by atoms with Crippen molar-refractivity contribution in [2.45, 2.75) is 58.0 Å². The van der Waals surface area contributed by atoms with E-state index in [1.54, 1.807) is 18.3 Å². The number of thioether (sulfide) groups is 1. The number of nitrogens with zero attached hydrogens (tertiary/aromatic N) is 1. The molecule has 128 valence electrons. The van der Waals surface area contributed by atoms with Crippen LogP contribution in [0.1, 0.15) is 62.2 Å². The summed E-state index contributed by atoms with van der Waals surface area (Å²) in [7, 11) is 0. The lowest BCUT2D eigenvalue weighted by Gasteiger charge is -2.14. The number of ether oxygens (including phenoxy) is 1. The van der Waals surface area contributed by atoms with Crippen LogP contribution < -0.4 is 10.1 Å². The van der Waals surface area contributed by atoms with E-state index in [9.17, 15) is 4.79 Å². The molecule has 0 bridgehead atoms. The molecular weight excluding hydrogens is 308 g/mol. The first-order chi connectivity index (χ1) is 11.3. The second-order valence-corrected chi connectivity index (χ2v) is 7.13. The van der Waals surface area contributed by atoms with Crippen LogP contribution in [0.5, 0.6) is 5.88 Å². The summed E-state index contributed by atoms with van der Waals surface area (Å²) in [5, 5.41) is 2.99. The minimum absolute atomic E-state index is 0.0766. The molecule has 1 fully saturated rings. The van der Waals surface area contributed by atoms with E-state index in [2.05, 4.69) is 17.2 Å². The maximum absolute atomic E-state index is 12.3. The summed E-state index contributed by atoms with van der Waals surface area (Å²) in [6.45, 7) is 2.94. The third kappa shape index (κ3) is 6.42. The minimum Gasteiger partial charge on any atom is -0.473 e. The summed E-state index contributed by atoms with van der Waals surface area (Å²) in [5.74, 6) is 2.50. The smallest absolute Gasteiger partial charge is 0.256 e. The van der Waals surface area contributed by atoms with E-state index in [0.29, 0.717) is 11.4 Å². The van der Waals surface area contributed by atoms with Gasteiger partial charge in [0.2, 0.25) is 5.88 Å². The summed E-state index contributed by atoms with van der Waals surface area (Å²) >= 11 is 1.89. The van der Waals surface area contributed by atoms with E-state index in [0.717, 1.165) is 30.9 Å². The predicted octanol–water partition coefficient (Wildman–Crippen LogP) is 4.06. The van der Waals surface area contributed by atoms with Crippen LogP contribution in [0.15, 0.2) is 18.3 Å². The Morgan fingerprint density at radius 2 is 2.17 bits per heavy atom. The summed E-state index contributed by atoms with van der Waals surface area (Å²) in [4.78, 5) is 16.6. The third-order valence-electron chi connectivity index (χ3n) is 4.00. The van der Waals surface area contributed by atoms with Crippen LogP contribution in [-0.4, -0.2) is 35.0 Å². The van der Waals surface area contributed by atoms with Crippen molar-refractivity contribution in [1.29, 1.82) is 0 Å². The van der Waals surface area contributed by atoms with Crippen LogP contribution in [0, 0.1) is 0 Å². The fourth-order valence-corrected chi connectivity index (χ4v) is 3.72. The van der Waals surface area contributed by atoms with Crippen LogP contribution in [0.25, 0.3) is 0 Å². The van der Waals surface area contributed by atoms with Crippen molar-refractivity contribution < 1.29 is 9.53 Å². The SMILES string of the molecule is CCCCCCCCNC(=O)c1cccnc1OC1CCSC1. The second kappa shape index (κ2) is 10.5. The zero-order chi connectivity index (χ0) is 16.3. The lowest BCUT2D eigenvalue weighted by molar-refractivity contribution is 0.0945. The molecule has 0 saturated carbocycles. The quantitative estimate of drug-likeness (QED) is 0.655. The average Bonchev–Trinajstić information content (AvgIpc) is 3.07. The molecule has 0 radical (unpaired) electrons. The Bertz CT molecular complexity index is 476. The van der Waals surface area contributed by atoms with Gasteiger partial charge in [0.1, 0.15) is 11.7 Å². The zero-order valence-corrected chi connectivity index (χ0v) is 14.9. The number of unbranched alkanes of at least 4 members (excludes halogenated alkanes) is 5. The highest BCUT2D eigenvalue weighted by molar-refractivity contribution is 7.99. The highest BCUT2D eigenvalue weighted by Gasteiger charge is 2.21. The van der Waals surface area contributed by atoms with Crippen LogP contribution in [0.2, 0.25) is 0 Å². The number of pyridine rings is 1. The van der Waals surface area contributed by atoms with Crippen molar-refractivity contribution in [1.82, 2.24) is 10.3 Å². The van der Waals surface area contributed by atoms with Gasteiger partial charge in [-0.1, -0.05) is 39.0 Å². The van der Waals surface area contributed by atoms with E-state index in [-0.39, 0.29) is 12.0 Å². The maximum Gasteiger partial charge on any atom is 0.256 e. The fraction of sp³-hybridized carbons (Fsp3) is 0.667. The largest absolute Gasteiger partial charge is 0.473 e. The molecule has 1 amide bonds. The molecule has 1 aliphatic rings. The molecular formula is C18H28N2O2S. The number of hydrogen-bond acceptors (Lipinski definition) is 4. The summed E-state index contributed by atoms with van der Waals surface area (Å²) < 4.78 is 5.91. The van der Waals surface area contributed by atoms with Gasteiger partial charge in [-0.3, -0.25) is 4.79 Å². The van der Waals surface area contributed by atoms with Gasteiger partial charge in [0.25, 0.3) is 5.91 Å². The molecule has 4 nitrogen and oxygen atoms in total. The van der Waals surface area contributed by atoms with E-state index in [1.807, 2.05) is 11.8 Å². The average molecular weight is 337 g/mol. The fourth-order valence-electron chi connectivity index (χ4n) is 2.62. The zero-order valence-electron chi connectivity index (χ0n) is 14.1. The van der Waals surface area contributed by atoms with Crippen LogP contribution in [0.4, 0.5) is 0 Å². The van der Waals surface area contributed by atoms with Gasteiger partial charge in [-0.2, -0.15) is 11.8 Å². The normalized spacial score (nSPS) is 17.2. The molecule has 1 aromatic rings. The predicted molar refractivity (Wildman–Crippen MR) is 96.3 cm³/mol. The van der Waals surface area contributed by atoms with Gasteiger partial charge in [-0.25, -0.2) is 4.98 Å². The number of carbonyl (C=O) groups excluding carboxylic acids is 1. The van der Waals surface area contributed by atoms with E-state index in [1.165, 1.54) is 32.1 Å². The number of hydrogen-bond donors (Lipinski definition) is 1. The Kier molecular flexibility index (Phi) is 8.29. The van der Waals surface area contributed by atoms with Crippen LogP contribution in [-0.2, 0) is 0 Å². The van der Waals surface area contributed by atoms with Crippen LogP contribution >= 0.6 is 11.8 Å².